The van der Waals surface area contributed by atoms with E-state index in [4.69, 9.17) is 0 Å². The maximum absolute atomic E-state index is 4.29. The molecule has 0 bridgehead atoms. The quantitative estimate of drug-likeness (QED) is 0.709. The van der Waals surface area contributed by atoms with Crippen LogP contribution in [-0.2, 0) is 12.8 Å². The van der Waals surface area contributed by atoms with Crippen molar-refractivity contribution in [1.82, 2.24) is 19.8 Å². The molecule has 0 saturated heterocycles. The lowest BCUT2D eigenvalue weighted by Gasteiger charge is -2.10. The summed E-state index contributed by atoms with van der Waals surface area (Å²) in [4.78, 5) is 12.9. The van der Waals surface area contributed by atoms with E-state index in [0.29, 0.717) is 0 Å². The van der Waals surface area contributed by atoms with Crippen molar-refractivity contribution in [3.8, 4) is 0 Å². The fourth-order valence-corrected chi connectivity index (χ4v) is 1.39. The molecule has 1 heterocycles. The first-order chi connectivity index (χ1) is 7.58. The average molecular weight is 222 g/mol. The van der Waals surface area contributed by atoms with E-state index in [9.17, 15) is 0 Å². The van der Waals surface area contributed by atoms with E-state index >= 15 is 0 Å². The molecule has 0 aliphatic heterocycles. The molecule has 1 rings (SSSR count). The van der Waals surface area contributed by atoms with Crippen LogP contribution in [-0.4, -0.2) is 61.0 Å². The van der Waals surface area contributed by atoms with Crippen LogP contribution in [0.2, 0.25) is 0 Å². The van der Waals surface area contributed by atoms with E-state index in [0.717, 1.165) is 37.3 Å². The SMILES string of the molecule is CN(C)CCc1cc(CCN(C)C)ncn1. The summed E-state index contributed by atoms with van der Waals surface area (Å²) < 4.78 is 0. The Balaban J connectivity index is 2.50. The third-order valence-corrected chi connectivity index (χ3v) is 2.41. The highest BCUT2D eigenvalue weighted by molar-refractivity contribution is 5.09. The Labute approximate surface area is 98.3 Å². The van der Waals surface area contributed by atoms with Gasteiger partial charge in [-0.1, -0.05) is 0 Å². The van der Waals surface area contributed by atoms with Crippen LogP contribution in [0.1, 0.15) is 11.4 Å². The normalized spacial score (nSPS) is 11.4. The van der Waals surface area contributed by atoms with Crippen molar-refractivity contribution in [3.63, 3.8) is 0 Å². The summed E-state index contributed by atoms with van der Waals surface area (Å²) in [6, 6.07) is 2.12. The molecular formula is C12H22N4. The van der Waals surface area contributed by atoms with Crippen molar-refractivity contribution in [3.05, 3.63) is 23.8 Å². The molecule has 0 saturated carbocycles. The Kier molecular flexibility index (Phi) is 5.35. The maximum Gasteiger partial charge on any atom is 0.115 e. The largest absolute Gasteiger partial charge is 0.309 e. The fourth-order valence-electron chi connectivity index (χ4n) is 1.39. The monoisotopic (exact) mass is 222 g/mol. The van der Waals surface area contributed by atoms with E-state index in [1.165, 1.54) is 0 Å². The Morgan fingerprint density at radius 2 is 1.31 bits per heavy atom. The summed E-state index contributed by atoms with van der Waals surface area (Å²) in [6.45, 7) is 2.06. The van der Waals surface area contributed by atoms with Crippen LogP contribution in [0, 0.1) is 0 Å². The van der Waals surface area contributed by atoms with Gasteiger partial charge in [0.2, 0.25) is 0 Å². The van der Waals surface area contributed by atoms with Crippen LogP contribution in [0.4, 0.5) is 0 Å². The molecule has 0 aliphatic carbocycles. The molecule has 1 aromatic heterocycles. The summed E-state index contributed by atoms with van der Waals surface area (Å²) in [6.07, 6.45) is 3.66. The fraction of sp³-hybridized carbons (Fsp3) is 0.667. The highest BCUT2D eigenvalue weighted by Crippen LogP contribution is 2.01. The molecule has 0 aromatic carbocycles. The van der Waals surface area contributed by atoms with Crippen LogP contribution in [0.15, 0.2) is 12.4 Å². The van der Waals surface area contributed by atoms with Gasteiger partial charge in [-0.25, -0.2) is 9.97 Å². The Morgan fingerprint density at radius 1 is 0.875 bits per heavy atom. The second-order valence-electron chi connectivity index (χ2n) is 4.61. The third-order valence-electron chi connectivity index (χ3n) is 2.41. The zero-order chi connectivity index (χ0) is 12.0. The second kappa shape index (κ2) is 6.55. The van der Waals surface area contributed by atoms with E-state index in [1.54, 1.807) is 6.33 Å². The number of rotatable bonds is 6. The molecule has 0 fully saturated rings. The summed E-state index contributed by atoms with van der Waals surface area (Å²) in [5.74, 6) is 0. The molecule has 0 atom stereocenters. The lowest BCUT2D eigenvalue weighted by molar-refractivity contribution is 0.408. The van der Waals surface area contributed by atoms with Gasteiger partial charge in [-0.3, -0.25) is 0 Å². The summed E-state index contributed by atoms with van der Waals surface area (Å²) >= 11 is 0. The van der Waals surface area contributed by atoms with Gasteiger partial charge in [0.25, 0.3) is 0 Å². The molecule has 16 heavy (non-hydrogen) atoms. The lowest BCUT2D eigenvalue weighted by Crippen LogP contribution is -2.17. The van der Waals surface area contributed by atoms with Crippen molar-refractivity contribution < 1.29 is 0 Å². The van der Waals surface area contributed by atoms with Gasteiger partial charge < -0.3 is 9.80 Å². The Hall–Kier alpha value is -1.00. The van der Waals surface area contributed by atoms with Crippen molar-refractivity contribution in [1.29, 1.82) is 0 Å². The molecule has 0 N–H and O–H groups in total. The molecule has 90 valence electrons. The van der Waals surface area contributed by atoms with Crippen LogP contribution in [0.3, 0.4) is 0 Å². The maximum atomic E-state index is 4.29. The first-order valence-electron chi connectivity index (χ1n) is 5.67. The van der Waals surface area contributed by atoms with E-state index in [1.807, 2.05) is 0 Å². The molecule has 0 unspecified atom stereocenters. The lowest BCUT2D eigenvalue weighted by atomic mass is 10.2. The number of hydrogen-bond donors (Lipinski definition) is 0. The summed E-state index contributed by atoms with van der Waals surface area (Å²) in [5, 5.41) is 0. The smallest absolute Gasteiger partial charge is 0.115 e. The van der Waals surface area contributed by atoms with Crippen LogP contribution in [0.25, 0.3) is 0 Å². The second-order valence-corrected chi connectivity index (χ2v) is 4.61. The predicted molar refractivity (Wildman–Crippen MR) is 66.5 cm³/mol. The van der Waals surface area contributed by atoms with Gasteiger partial charge in [-0.05, 0) is 34.3 Å². The number of hydrogen-bond acceptors (Lipinski definition) is 4. The van der Waals surface area contributed by atoms with Gasteiger partial charge in [-0.2, -0.15) is 0 Å². The van der Waals surface area contributed by atoms with Crippen molar-refractivity contribution in [2.75, 3.05) is 41.3 Å². The standard InChI is InChI=1S/C12H22N4/c1-15(2)7-5-11-9-12(14-10-13-11)6-8-16(3)4/h9-10H,5-8H2,1-4H3. The van der Waals surface area contributed by atoms with Gasteiger partial charge in [-0.15, -0.1) is 0 Å². The molecule has 0 amide bonds. The molecule has 4 heteroatoms. The minimum atomic E-state index is 0.991. The zero-order valence-corrected chi connectivity index (χ0v) is 10.8. The minimum absolute atomic E-state index is 0.991. The minimum Gasteiger partial charge on any atom is -0.309 e. The molecule has 0 aliphatic rings. The van der Waals surface area contributed by atoms with Crippen molar-refractivity contribution in [2.24, 2.45) is 0 Å². The highest BCUT2D eigenvalue weighted by Gasteiger charge is 2.00. The summed E-state index contributed by atoms with van der Waals surface area (Å²) in [5.41, 5.74) is 2.27. The molecule has 1 aromatic rings. The topological polar surface area (TPSA) is 32.3 Å². The average Bonchev–Trinajstić information content (AvgIpc) is 2.24. The Morgan fingerprint density at radius 3 is 1.69 bits per heavy atom. The van der Waals surface area contributed by atoms with Crippen LogP contribution < -0.4 is 0 Å². The predicted octanol–water partition coefficient (Wildman–Crippen LogP) is 0.685. The first kappa shape index (κ1) is 13.1. The van der Waals surface area contributed by atoms with Crippen LogP contribution in [0.5, 0.6) is 0 Å². The van der Waals surface area contributed by atoms with Gasteiger partial charge in [0.15, 0.2) is 0 Å². The van der Waals surface area contributed by atoms with Crippen molar-refractivity contribution in [2.45, 2.75) is 12.8 Å². The summed E-state index contributed by atoms with van der Waals surface area (Å²) in [7, 11) is 8.31. The molecule has 0 radical (unpaired) electrons. The van der Waals surface area contributed by atoms with Gasteiger partial charge in [0, 0.05) is 37.3 Å². The third kappa shape index (κ3) is 5.19. The van der Waals surface area contributed by atoms with Gasteiger partial charge in [0.05, 0.1) is 0 Å². The Bertz CT molecular complexity index is 282. The first-order valence-corrected chi connectivity index (χ1v) is 5.67. The number of aromatic nitrogens is 2. The van der Waals surface area contributed by atoms with Crippen LogP contribution >= 0.6 is 0 Å². The van der Waals surface area contributed by atoms with Gasteiger partial charge >= 0.3 is 0 Å². The van der Waals surface area contributed by atoms with Crippen molar-refractivity contribution >= 4 is 0 Å². The van der Waals surface area contributed by atoms with Gasteiger partial charge in [0.1, 0.15) is 6.33 Å². The number of likely N-dealkylation sites (N-methyl/N-ethyl adjacent to an activating group) is 2. The van der Waals surface area contributed by atoms with E-state index in [2.05, 4.69) is 54.0 Å². The van der Waals surface area contributed by atoms with E-state index < -0.39 is 0 Å². The molecular weight excluding hydrogens is 200 g/mol. The molecule has 4 nitrogen and oxygen atoms in total. The van der Waals surface area contributed by atoms with E-state index in [-0.39, 0.29) is 0 Å². The zero-order valence-electron chi connectivity index (χ0n) is 10.8. The number of nitrogens with zero attached hydrogens (tertiary/aromatic N) is 4. The highest BCUT2D eigenvalue weighted by atomic mass is 15.1. The molecule has 0 spiro atoms.